The molecule has 0 aliphatic carbocycles. The Morgan fingerprint density at radius 1 is 1.34 bits per heavy atom. The molecular weight excluding hydrogens is 413 g/mol. The van der Waals surface area contributed by atoms with Crippen molar-refractivity contribution in [2.45, 2.75) is 26.3 Å². The number of H-pyrrole nitrogens is 1. The fourth-order valence-electron chi connectivity index (χ4n) is 3.12. The third-order valence-electron chi connectivity index (χ3n) is 4.74. The van der Waals surface area contributed by atoms with E-state index in [0.717, 1.165) is 17.8 Å². The summed E-state index contributed by atoms with van der Waals surface area (Å²) in [6.45, 7) is 4.24. The number of quaternary nitrogens is 1. The van der Waals surface area contributed by atoms with Gasteiger partial charge in [-0.25, -0.2) is 9.37 Å². The molecule has 3 aromatic rings. The first-order chi connectivity index (χ1) is 15.4. The summed E-state index contributed by atoms with van der Waals surface area (Å²) in [5, 5.41) is 17.2. The predicted octanol–water partition coefficient (Wildman–Crippen LogP) is 1.82. The molecule has 0 bridgehead atoms. The van der Waals surface area contributed by atoms with Crippen LogP contribution in [-0.4, -0.2) is 40.9 Å². The predicted molar refractivity (Wildman–Crippen MR) is 122 cm³/mol. The zero-order valence-corrected chi connectivity index (χ0v) is 17.8. The molecule has 2 aromatic carbocycles. The van der Waals surface area contributed by atoms with Crippen LogP contribution in [0.4, 0.5) is 16.0 Å². The lowest BCUT2D eigenvalue weighted by Crippen LogP contribution is -2.72. The largest absolute Gasteiger partial charge is 0.356 e. The number of nitrogens with two attached hydrogens (primary N) is 1. The Morgan fingerprint density at radius 3 is 2.94 bits per heavy atom. The van der Waals surface area contributed by atoms with E-state index in [2.05, 4.69) is 25.7 Å². The topological polar surface area (TPSA) is 140 Å². The van der Waals surface area contributed by atoms with Crippen LogP contribution in [-0.2, 0) is 0 Å². The summed E-state index contributed by atoms with van der Waals surface area (Å²) in [5.41, 5.74) is 3.62. The van der Waals surface area contributed by atoms with Gasteiger partial charge in [0.15, 0.2) is 5.69 Å². The minimum Gasteiger partial charge on any atom is -0.356 e. The maximum atomic E-state index is 13.3. The van der Waals surface area contributed by atoms with E-state index in [-0.39, 0.29) is 23.3 Å². The molecule has 9 nitrogen and oxygen atoms in total. The van der Waals surface area contributed by atoms with E-state index in [9.17, 15) is 14.0 Å². The zero-order valence-electron chi connectivity index (χ0n) is 17.8. The number of amides is 1. The van der Waals surface area contributed by atoms with Crippen LogP contribution in [0.25, 0.3) is 10.9 Å². The van der Waals surface area contributed by atoms with Crippen molar-refractivity contribution >= 4 is 40.9 Å². The molecule has 0 aliphatic heterocycles. The van der Waals surface area contributed by atoms with Crippen molar-refractivity contribution in [2.24, 2.45) is 5.10 Å². The normalized spacial score (nSPS) is 12.1. The number of fused-ring (bicyclic) bond motifs is 1. The first-order valence-electron chi connectivity index (χ1n) is 10.1. The molecule has 166 valence electrons. The van der Waals surface area contributed by atoms with Gasteiger partial charge in [0.25, 0.3) is 11.5 Å². The quantitative estimate of drug-likeness (QED) is 0.150. The van der Waals surface area contributed by atoms with Crippen molar-refractivity contribution in [3.63, 3.8) is 0 Å². The van der Waals surface area contributed by atoms with Crippen molar-refractivity contribution in [3.05, 3.63) is 63.7 Å². The van der Waals surface area contributed by atoms with E-state index in [1.54, 1.807) is 11.5 Å². The number of aryl methyl sites for hydroxylation is 1. The molecule has 1 atom stereocenters. The first-order valence-corrected chi connectivity index (χ1v) is 10.1. The van der Waals surface area contributed by atoms with Crippen LogP contribution in [0, 0.1) is 18.2 Å². The summed E-state index contributed by atoms with van der Waals surface area (Å²) in [6.07, 6.45) is 2.97. The van der Waals surface area contributed by atoms with Gasteiger partial charge in [0, 0.05) is 24.9 Å². The Balaban J connectivity index is 1.59. The van der Waals surface area contributed by atoms with Gasteiger partial charge in [0.2, 0.25) is 5.95 Å². The van der Waals surface area contributed by atoms with E-state index >= 15 is 0 Å². The molecule has 0 aliphatic rings. The van der Waals surface area contributed by atoms with Crippen LogP contribution in [0.2, 0.25) is 0 Å². The second-order valence-electron chi connectivity index (χ2n) is 7.35. The molecular formula is C22H25FN7O2+. The molecule has 1 unspecified atom stereocenters. The van der Waals surface area contributed by atoms with E-state index in [1.165, 1.54) is 18.3 Å². The SMILES string of the molecule is Cc1ccc([NH2+]/N=C\C=N)c(C(=O)NC(C)CCNc2nc3ccc(F)cc3c(=O)[nH]2)c1. The lowest BCUT2D eigenvalue weighted by molar-refractivity contribution is -0.576. The number of aromatic nitrogens is 2. The van der Waals surface area contributed by atoms with Gasteiger partial charge in [-0.05, 0) is 50.1 Å². The molecule has 0 radical (unpaired) electrons. The highest BCUT2D eigenvalue weighted by atomic mass is 19.1. The van der Waals surface area contributed by atoms with Crippen molar-refractivity contribution < 1.29 is 14.6 Å². The average Bonchev–Trinajstić information content (AvgIpc) is 2.75. The van der Waals surface area contributed by atoms with Crippen molar-refractivity contribution in [3.8, 4) is 0 Å². The number of nitrogens with zero attached hydrogens (tertiary/aromatic N) is 2. The molecule has 0 saturated heterocycles. The molecule has 1 amide bonds. The standard InChI is InChI=1S/C22H24FN7O2/c1-13-3-5-19(30-26-10-8-24)16(11-13)20(31)27-14(2)7-9-25-22-28-18-6-4-15(23)12-17(18)21(32)29-22/h3-6,8,10-12,14,24,30H,7,9H2,1-2H3,(H,27,31)(H2,25,28,29,32)/p+1/b24-8?,26-10-. The number of halogens is 1. The Kier molecular flexibility index (Phi) is 7.40. The van der Waals surface area contributed by atoms with Gasteiger partial charge in [-0.3, -0.25) is 14.6 Å². The highest BCUT2D eigenvalue weighted by Gasteiger charge is 2.17. The summed E-state index contributed by atoms with van der Waals surface area (Å²) in [6, 6.07) is 9.19. The molecule has 1 heterocycles. The van der Waals surface area contributed by atoms with E-state index < -0.39 is 11.4 Å². The van der Waals surface area contributed by atoms with Gasteiger partial charge in [0.05, 0.1) is 10.9 Å². The maximum absolute atomic E-state index is 13.3. The van der Waals surface area contributed by atoms with Gasteiger partial charge in [0.1, 0.15) is 17.6 Å². The smallest absolute Gasteiger partial charge is 0.260 e. The second kappa shape index (κ2) is 10.4. The fraction of sp³-hybridized carbons (Fsp3) is 0.227. The van der Waals surface area contributed by atoms with Crippen LogP contribution >= 0.6 is 0 Å². The third-order valence-corrected chi connectivity index (χ3v) is 4.74. The fourth-order valence-corrected chi connectivity index (χ4v) is 3.12. The monoisotopic (exact) mass is 438 g/mol. The van der Waals surface area contributed by atoms with Gasteiger partial charge in [-0.2, -0.15) is 5.43 Å². The van der Waals surface area contributed by atoms with Crippen LogP contribution in [0.1, 0.15) is 29.3 Å². The van der Waals surface area contributed by atoms with Gasteiger partial charge < -0.3 is 16.0 Å². The Bertz CT molecular complexity index is 1220. The minimum absolute atomic E-state index is 0.158. The lowest BCUT2D eigenvalue weighted by atomic mass is 10.1. The number of nitrogens with one attached hydrogen (secondary N) is 4. The summed E-state index contributed by atoms with van der Waals surface area (Å²) in [4.78, 5) is 31.8. The van der Waals surface area contributed by atoms with Gasteiger partial charge in [-0.1, -0.05) is 11.2 Å². The Labute approximate surface area is 183 Å². The van der Waals surface area contributed by atoms with E-state index in [1.807, 2.05) is 26.0 Å². The molecule has 0 spiro atoms. The molecule has 6 N–H and O–H groups in total. The number of carbonyl (C=O) groups excluding carboxylic acids is 1. The Hall–Kier alpha value is -3.92. The number of hydrogen-bond donors (Lipinski definition) is 5. The Morgan fingerprint density at radius 2 is 2.16 bits per heavy atom. The van der Waals surface area contributed by atoms with Gasteiger partial charge in [-0.15, -0.1) is 0 Å². The summed E-state index contributed by atoms with van der Waals surface area (Å²) >= 11 is 0. The number of carbonyl (C=O) groups is 1. The highest BCUT2D eigenvalue weighted by molar-refractivity contribution is 6.14. The van der Waals surface area contributed by atoms with Crippen LogP contribution in [0.15, 0.2) is 46.3 Å². The van der Waals surface area contributed by atoms with Crippen LogP contribution in [0.5, 0.6) is 0 Å². The van der Waals surface area contributed by atoms with Crippen LogP contribution < -0.4 is 21.6 Å². The highest BCUT2D eigenvalue weighted by Crippen LogP contribution is 2.14. The van der Waals surface area contributed by atoms with Crippen molar-refractivity contribution in [1.29, 1.82) is 5.41 Å². The van der Waals surface area contributed by atoms with Crippen LogP contribution in [0.3, 0.4) is 0 Å². The summed E-state index contributed by atoms with van der Waals surface area (Å²) in [5.74, 6) is -0.435. The van der Waals surface area contributed by atoms with E-state index in [0.29, 0.717) is 29.7 Å². The molecule has 10 heteroatoms. The summed E-state index contributed by atoms with van der Waals surface area (Å²) in [7, 11) is 0. The van der Waals surface area contributed by atoms with Crippen molar-refractivity contribution in [2.75, 3.05) is 11.9 Å². The number of anilines is 1. The summed E-state index contributed by atoms with van der Waals surface area (Å²) < 4.78 is 13.3. The number of rotatable bonds is 9. The first kappa shape index (κ1) is 22.8. The molecule has 3 rings (SSSR count). The number of aromatic amines is 1. The van der Waals surface area contributed by atoms with Gasteiger partial charge >= 0.3 is 0 Å². The van der Waals surface area contributed by atoms with Crippen molar-refractivity contribution in [1.82, 2.24) is 15.3 Å². The lowest BCUT2D eigenvalue weighted by Gasteiger charge is -2.15. The molecule has 0 saturated carbocycles. The maximum Gasteiger partial charge on any atom is 0.260 e. The third kappa shape index (κ3) is 5.82. The zero-order chi connectivity index (χ0) is 23.1. The molecule has 1 aromatic heterocycles. The second-order valence-corrected chi connectivity index (χ2v) is 7.35. The molecule has 32 heavy (non-hydrogen) atoms. The molecule has 0 fully saturated rings. The minimum atomic E-state index is -0.494. The number of hydrogen-bond acceptors (Lipinski definition) is 6. The average molecular weight is 438 g/mol. The number of benzene rings is 2. The van der Waals surface area contributed by atoms with E-state index in [4.69, 9.17) is 5.41 Å².